The Labute approximate surface area is 469 Å². The van der Waals surface area contributed by atoms with E-state index in [-0.39, 0.29) is 66.0 Å². The van der Waals surface area contributed by atoms with E-state index in [0.717, 1.165) is 37.1 Å². The van der Waals surface area contributed by atoms with Crippen LogP contribution in [-0.4, -0.2) is 180 Å². The van der Waals surface area contributed by atoms with Crippen molar-refractivity contribution in [3.05, 3.63) is 107 Å². The van der Waals surface area contributed by atoms with E-state index in [4.69, 9.17) is 29.2 Å². The zero-order valence-electron chi connectivity index (χ0n) is 45.2. The summed E-state index contributed by atoms with van der Waals surface area (Å²) in [7, 11) is 0. The first-order valence-electron chi connectivity index (χ1n) is 27.1. The van der Waals surface area contributed by atoms with Gasteiger partial charge in [-0.25, -0.2) is 9.59 Å². The molecule has 6 heterocycles. The number of hydrogen-bond donors (Lipinski definition) is 14. The summed E-state index contributed by atoms with van der Waals surface area (Å²) >= 11 is 0. The van der Waals surface area contributed by atoms with Crippen LogP contribution in [0.1, 0.15) is 49.7 Å². The van der Waals surface area contributed by atoms with Crippen LogP contribution in [0.5, 0.6) is 11.5 Å². The molecule has 0 spiro atoms. The fourth-order valence-corrected chi connectivity index (χ4v) is 11.6. The molecule has 0 unspecified atom stereocenters. The summed E-state index contributed by atoms with van der Waals surface area (Å²) in [6.45, 7) is 1.41. The number of aldehydes is 1. The number of guanidine groups is 1. The van der Waals surface area contributed by atoms with Crippen molar-refractivity contribution in [1.29, 1.82) is 0 Å². The molecule has 3 aliphatic heterocycles. The first-order valence-corrected chi connectivity index (χ1v) is 27.1. The fraction of sp³-hybridized carbons (Fsp3) is 0.456. The van der Waals surface area contributed by atoms with E-state index in [2.05, 4.69) is 31.2 Å². The molecule has 3 aromatic carbocycles. The third-order valence-corrected chi connectivity index (χ3v) is 15.7. The zero-order chi connectivity index (χ0) is 58.5. The normalized spacial score (nSPS) is 25.4. The van der Waals surface area contributed by atoms with E-state index in [1.807, 2.05) is 32.0 Å². The molecule has 6 aromatic rings. The third-order valence-electron chi connectivity index (χ3n) is 15.7. The first-order chi connectivity index (χ1) is 39.4. The lowest BCUT2D eigenvalue weighted by atomic mass is 9.66. The molecule has 3 aliphatic rings. The van der Waals surface area contributed by atoms with Gasteiger partial charge in [0.2, 0.25) is 24.2 Å². The maximum Gasteiger partial charge on any atom is 0.337 e. The number of aliphatic imine (C=N–C) groups is 1. The van der Waals surface area contributed by atoms with Crippen LogP contribution in [0, 0.1) is 19.8 Å². The lowest BCUT2D eigenvalue weighted by Crippen LogP contribution is -2.86. The number of carboxylic acid groups (broad SMARTS) is 1. The monoisotopic (exact) mass is 1140 g/mol. The summed E-state index contributed by atoms with van der Waals surface area (Å²) in [5.74, 6) is -3.87. The van der Waals surface area contributed by atoms with Crippen LogP contribution in [0.4, 0.5) is 0 Å². The summed E-state index contributed by atoms with van der Waals surface area (Å²) < 4.78 is 26.5. The van der Waals surface area contributed by atoms with E-state index in [0.29, 0.717) is 46.3 Å². The first kappa shape index (κ1) is 59.2. The average molecular weight is 1140 g/mol. The number of aromatic nitrogens is 2. The number of aromatic hydroxyl groups is 1. The van der Waals surface area contributed by atoms with Gasteiger partial charge in [-0.3, -0.25) is 15.1 Å². The Morgan fingerprint density at radius 2 is 1.79 bits per heavy atom. The van der Waals surface area contributed by atoms with Crippen molar-refractivity contribution >= 4 is 46.1 Å². The van der Waals surface area contributed by atoms with Gasteiger partial charge in [0.15, 0.2) is 28.7 Å². The lowest BCUT2D eigenvalue weighted by molar-refractivity contribution is -0.400. The van der Waals surface area contributed by atoms with Crippen molar-refractivity contribution in [2.75, 3.05) is 46.0 Å². The van der Waals surface area contributed by atoms with Crippen LogP contribution in [0.25, 0.3) is 44.3 Å². The van der Waals surface area contributed by atoms with Gasteiger partial charge in [-0.05, 0) is 113 Å². The number of aliphatic hydroxyl groups is 6. The Morgan fingerprint density at radius 3 is 2.50 bits per heavy atom. The molecule has 82 heavy (non-hydrogen) atoms. The van der Waals surface area contributed by atoms with Gasteiger partial charge in [0, 0.05) is 54.9 Å². The Balaban J connectivity index is 1.21. The summed E-state index contributed by atoms with van der Waals surface area (Å²) in [4.78, 5) is 67.0. The Morgan fingerprint density at radius 1 is 1.02 bits per heavy atom. The minimum atomic E-state index is -3.43. The molecule has 0 radical (unpaired) electrons. The van der Waals surface area contributed by atoms with Crippen molar-refractivity contribution in [3.63, 3.8) is 0 Å². The number of carbonyl (C=O) groups is 3. The van der Waals surface area contributed by atoms with Crippen LogP contribution < -0.4 is 42.0 Å². The fourth-order valence-electron chi connectivity index (χ4n) is 11.6. The summed E-state index contributed by atoms with van der Waals surface area (Å²) in [6, 6.07) is 15.0. The minimum Gasteiger partial charge on any atom is -0.508 e. The number of fused-ring (bicyclic) bond motifs is 3. The van der Waals surface area contributed by atoms with Gasteiger partial charge in [0.25, 0.3) is 0 Å². The predicted octanol–water partition coefficient (Wildman–Crippen LogP) is 0.419. The number of aryl methyl sites for hydroxylation is 2. The lowest BCUT2D eigenvalue weighted by Gasteiger charge is -2.59. The molecule has 0 bridgehead atoms. The van der Waals surface area contributed by atoms with Crippen LogP contribution in [0.3, 0.4) is 0 Å². The molecule has 0 saturated carbocycles. The molecule has 3 saturated heterocycles. The molecular formula is C57H70N8O17. The molecule has 0 aliphatic carbocycles. The van der Waals surface area contributed by atoms with Crippen molar-refractivity contribution in [2.45, 2.75) is 112 Å². The summed E-state index contributed by atoms with van der Waals surface area (Å²) in [5, 5.41) is 107. The van der Waals surface area contributed by atoms with Gasteiger partial charge >= 0.3 is 11.9 Å². The van der Waals surface area contributed by atoms with Gasteiger partial charge in [-0.1, -0.05) is 29.3 Å². The number of benzene rings is 3. The molecule has 3 aromatic heterocycles. The number of aliphatic carboxylic acids is 1. The number of phenols is 1. The topological polar surface area (TPSA) is 387 Å². The number of aromatic amines is 1. The number of H-pyrrole nitrogens is 1. The van der Waals surface area contributed by atoms with Crippen molar-refractivity contribution < 1.29 is 78.7 Å². The highest BCUT2D eigenvalue weighted by atomic mass is 16.8. The zero-order valence-corrected chi connectivity index (χ0v) is 45.2. The molecule has 3 fully saturated rings. The number of nitrogens with zero attached hydrogens (tertiary/aromatic N) is 2. The number of esters is 1. The average Bonchev–Trinajstić information content (AvgIpc) is 1.05. The number of carbonyl (C=O) groups excluding carboxylic acids is 2. The largest absolute Gasteiger partial charge is 0.508 e. The second kappa shape index (κ2) is 25.0. The number of ether oxygens (including phenoxy) is 3. The summed E-state index contributed by atoms with van der Waals surface area (Å²) in [5.41, 5.74) is 0.0179. The molecule has 15 N–H and O–H groups in total. The number of phenolic OH excluding ortho intramolecular Hbond substituents is 1. The highest BCUT2D eigenvalue weighted by Gasteiger charge is 2.75. The van der Waals surface area contributed by atoms with Crippen molar-refractivity contribution in [1.82, 2.24) is 31.0 Å². The van der Waals surface area contributed by atoms with Gasteiger partial charge in [0.1, 0.15) is 41.9 Å². The number of rotatable bonds is 23. The van der Waals surface area contributed by atoms with E-state index in [9.17, 15) is 60.0 Å². The predicted molar refractivity (Wildman–Crippen MR) is 296 cm³/mol. The quantitative estimate of drug-likeness (QED) is 0.00786. The van der Waals surface area contributed by atoms with Crippen LogP contribution in [-0.2, 0) is 23.9 Å². The number of carboxylic acids is 1. The maximum absolute atomic E-state index is 14.4. The van der Waals surface area contributed by atoms with Gasteiger partial charge in [0.05, 0.1) is 41.9 Å². The van der Waals surface area contributed by atoms with Gasteiger partial charge in [-0.15, -0.1) is 0 Å². The van der Waals surface area contributed by atoms with E-state index in [1.165, 1.54) is 59.7 Å². The summed E-state index contributed by atoms with van der Waals surface area (Å²) in [6.07, 6.45) is -3.03. The van der Waals surface area contributed by atoms with Crippen molar-refractivity contribution in [2.24, 2.45) is 16.6 Å². The van der Waals surface area contributed by atoms with E-state index in [1.54, 1.807) is 12.3 Å². The van der Waals surface area contributed by atoms with Gasteiger partial charge in [-0.2, -0.15) is 4.73 Å². The molecule has 440 valence electrons. The highest BCUT2D eigenvalue weighted by Crippen LogP contribution is 2.47. The standard InChI is InChI=1S/C57H70N8O17/c1-31-21-32(2)23-36(22-31)47-45-35(14-18-61-45)27-65(47)82-49-52(79-39-12-13-40-43(24-39)78-28-41(48(40)72)33-7-10-38(70)11-8-33)80-53(55(76,29-68)57(49,77)44(71)5-3-19-66)56(30-69,81-51(75)46(50(73)74)60-16-4-20-67)64-54(58)62-26-37-9-6-34-25-59-17-15-42(34)63-37/h7-8,10-14,18,20-24,27-28,34,37,42,44,46,49,52-53,59-61,63,66,68-71,76-77H,3-6,9,15-17,19,25-26,29-30H2,1-2H3,(H,73,74)(H3,58,62,64)/t34-,37+,42+,44-,46-,49-,52+,53-,55+,56-,57+/m1/s1. The number of nitrogens with one attached hydrogen (secondary N) is 5. The molecule has 0 amide bonds. The molecule has 25 heteroatoms. The number of piperidine rings is 2. The van der Waals surface area contributed by atoms with Gasteiger partial charge < -0.3 is 95.8 Å². The Kier molecular flexibility index (Phi) is 18.0. The smallest absolute Gasteiger partial charge is 0.337 e. The number of nitrogens with two attached hydrogens (primary N) is 1. The van der Waals surface area contributed by atoms with E-state index < -0.39 is 97.1 Å². The molecule has 9 rings (SSSR count). The second-order valence-corrected chi connectivity index (χ2v) is 21.3. The number of hydrogen-bond acceptors (Lipinski definition) is 20. The van der Waals surface area contributed by atoms with E-state index >= 15 is 0 Å². The molecule has 11 atom stereocenters. The molecule has 25 nitrogen and oxygen atoms in total. The SMILES string of the molecule is Cc1cc(C)cc(-c2c3[nH]ccc3cn2O[C@@H]2[C@@H](Oc3ccc4c(=O)c(-c5ccc(O)cc5)coc4c3)O[C@@H]([C@](CO)(NC(N)=NC[C@@H]3CC[C@@H]4CNCC[C@@H]4N3)OC(=O)[C@H](NCCC=O)C(=O)O)[C@@](O)(CO)[C@]2(O)[C@H](O)CCCO)c1. The maximum atomic E-state index is 14.4. The second-order valence-electron chi connectivity index (χ2n) is 21.3. The molecular weight excluding hydrogens is 1070 g/mol. The van der Waals surface area contributed by atoms with Crippen LogP contribution >= 0.6 is 0 Å². The van der Waals surface area contributed by atoms with Crippen LogP contribution in [0.2, 0.25) is 0 Å². The van der Waals surface area contributed by atoms with Crippen molar-refractivity contribution in [3.8, 4) is 33.9 Å². The Bertz CT molecular complexity index is 3310. The Hall–Kier alpha value is -7.43. The van der Waals surface area contributed by atoms with Crippen LogP contribution in [0.15, 0.2) is 99.6 Å². The number of aliphatic hydroxyl groups excluding tert-OH is 4. The minimum absolute atomic E-state index is 0.0133. The highest BCUT2D eigenvalue weighted by molar-refractivity contribution is 5.98. The third kappa shape index (κ3) is 11.8.